The zero-order chi connectivity index (χ0) is 14.3. The van der Waals surface area contributed by atoms with Crippen molar-refractivity contribution >= 4 is 28.6 Å². The van der Waals surface area contributed by atoms with Crippen molar-refractivity contribution < 1.29 is 4.74 Å². The second kappa shape index (κ2) is 4.72. The third kappa shape index (κ3) is 1.89. The van der Waals surface area contributed by atoms with Crippen molar-refractivity contribution in [3.63, 3.8) is 0 Å². The molecule has 20 heavy (non-hydrogen) atoms. The van der Waals surface area contributed by atoms with E-state index < -0.39 is 0 Å². The largest absolute Gasteiger partial charge is 0.497 e. The van der Waals surface area contributed by atoms with Crippen molar-refractivity contribution in [1.29, 1.82) is 0 Å². The molecule has 4 nitrogen and oxygen atoms in total. The summed E-state index contributed by atoms with van der Waals surface area (Å²) in [7, 11) is 1.62. The zero-order valence-electron chi connectivity index (χ0n) is 11.2. The fraction of sp³-hybridized carbons (Fsp3) is 0.133. The molecule has 0 atom stereocenters. The first-order valence-corrected chi connectivity index (χ1v) is 6.57. The number of ether oxygens (including phenoxy) is 1. The summed E-state index contributed by atoms with van der Waals surface area (Å²) in [5.41, 5.74) is 9.71. The van der Waals surface area contributed by atoms with E-state index >= 15 is 0 Å². The minimum Gasteiger partial charge on any atom is -0.497 e. The fourth-order valence-electron chi connectivity index (χ4n) is 2.30. The first-order chi connectivity index (χ1) is 9.61. The van der Waals surface area contributed by atoms with Crippen LogP contribution in [0.2, 0.25) is 5.02 Å². The van der Waals surface area contributed by atoms with Gasteiger partial charge in [-0.25, -0.2) is 4.98 Å². The summed E-state index contributed by atoms with van der Waals surface area (Å²) in [6.45, 7) is 2.01. The van der Waals surface area contributed by atoms with Gasteiger partial charge < -0.3 is 10.5 Å². The predicted octanol–water partition coefficient (Wildman–Crippen LogP) is 3.58. The molecule has 0 aliphatic carbocycles. The summed E-state index contributed by atoms with van der Waals surface area (Å²) in [5.74, 6) is 1.13. The molecule has 0 fully saturated rings. The topological polar surface area (TPSA) is 53.1 Å². The van der Waals surface area contributed by atoms with E-state index in [1.165, 1.54) is 0 Å². The van der Waals surface area contributed by atoms with E-state index in [0.29, 0.717) is 11.0 Å². The number of aryl methyl sites for hydroxylation is 1. The van der Waals surface area contributed by atoms with E-state index in [4.69, 9.17) is 22.1 Å². The van der Waals surface area contributed by atoms with Crippen LogP contribution in [0.3, 0.4) is 0 Å². The third-order valence-electron chi connectivity index (χ3n) is 3.31. The number of nitrogen functional groups attached to an aromatic ring is 1. The zero-order valence-corrected chi connectivity index (χ0v) is 12.0. The number of aromatic nitrogens is 2. The van der Waals surface area contributed by atoms with Crippen molar-refractivity contribution in [3.8, 4) is 11.4 Å². The van der Waals surface area contributed by atoms with E-state index in [0.717, 1.165) is 28.0 Å². The van der Waals surface area contributed by atoms with E-state index in [1.807, 2.05) is 41.8 Å². The number of nitrogens with zero attached hydrogens (tertiary/aromatic N) is 2. The highest BCUT2D eigenvalue weighted by Crippen LogP contribution is 2.31. The van der Waals surface area contributed by atoms with Crippen LogP contribution in [0.15, 0.2) is 36.4 Å². The second-order valence-electron chi connectivity index (χ2n) is 4.57. The summed E-state index contributed by atoms with van der Waals surface area (Å²) < 4.78 is 7.09. The van der Waals surface area contributed by atoms with E-state index in [-0.39, 0.29) is 0 Å². The molecular weight excluding hydrogens is 274 g/mol. The lowest BCUT2D eigenvalue weighted by atomic mass is 10.2. The Morgan fingerprint density at radius 2 is 2.05 bits per heavy atom. The standard InChI is InChI=1S/C15H14ClN3O/c1-9-4-3-5-12-14(9)18-15(17)19(12)13-8-10(20-2)6-7-11(13)16/h3-8H,1-2H3,(H2,17,18). The number of halogens is 1. The van der Waals surface area contributed by atoms with Gasteiger partial charge in [0.05, 0.1) is 28.9 Å². The summed E-state index contributed by atoms with van der Waals surface area (Å²) in [4.78, 5) is 4.43. The average molecular weight is 288 g/mol. The highest BCUT2D eigenvalue weighted by atomic mass is 35.5. The van der Waals surface area contributed by atoms with Gasteiger partial charge in [0.1, 0.15) is 5.75 Å². The Morgan fingerprint density at radius 1 is 1.25 bits per heavy atom. The number of imidazole rings is 1. The molecule has 3 aromatic rings. The van der Waals surface area contributed by atoms with Crippen molar-refractivity contribution in [1.82, 2.24) is 9.55 Å². The van der Waals surface area contributed by atoms with Gasteiger partial charge in [0.25, 0.3) is 0 Å². The molecule has 2 aromatic carbocycles. The van der Waals surface area contributed by atoms with Gasteiger partial charge in [-0.15, -0.1) is 0 Å². The molecule has 1 heterocycles. The van der Waals surface area contributed by atoms with Crippen molar-refractivity contribution in [2.75, 3.05) is 12.8 Å². The molecule has 0 saturated carbocycles. The van der Waals surface area contributed by atoms with Gasteiger partial charge in [0.15, 0.2) is 0 Å². The minimum absolute atomic E-state index is 0.407. The number of nitrogens with two attached hydrogens (primary N) is 1. The lowest BCUT2D eigenvalue weighted by Crippen LogP contribution is -2.01. The summed E-state index contributed by atoms with van der Waals surface area (Å²) in [5, 5.41) is 0.596. The first kappa shape index (κ1) is 12.8. The molecule has 0 saturated heterocycles. The summed E-state index contributed by atoms with van der Waals surface area (Å²) in [6, 6.07) is 11.4. The molecule has 0 aliphatic heterocycles. The number of hydrogen-bond acceptors (Lipinski definition) is 3. The maximum atomic E-state index is 6.30. The van der Waals surface area contributed by atoms with Gasteiger partial charge in [0, 0.05) is 6.07 Å². The number of methoxy groups -OCH3 is 1. The van der Waals surface area contributed by atoms with E-state index in [9.17, 15) is 0 Å². The van der Waals surface area contributed by atoms with Gasteiger partial charge >= 0.3 is 0 Å². The third-order valence-corrected chi connectivity index (χ3v) is 3.63. The Kier molecular flexibility index (Phi) is 3.03. The molecular formula is C15H14ClN3O. The van der Waals surface area contributed by atoms with Crippen LogP contribution in [0.1, 0.15) is 5.56 Å². The molecule has 0 amide bonds. The van der Waals surface area contributed by atoms with Gasteiger partial charge in [-0.2, -0.15) is 0 Å². The average Bonchev–Trinajstić information content (AvgIpc) is 2.77. The van der Waals surface area contributed by atoms with Crippen LogP contribution in [0.5, 0.6) is 5.75 Å². The van der Waals surface area contributed by atoms with Crippen molar-refractivity contribution in [2.24, 2.45) is 0 Å². The summed E-state index contributed by atoms with van der Waals surface area (Å²) >= 11 is 6.30. The Morgan fingerprint density at radius 3 is 2.80 bits per heavy atom. The highest BCUT2D eigenvalue weighted by molar-refractivity contribution is 6.32. The number of hydrogen-bond donors (Lipinski definition) is 1. The van der Waals surface area contributed by atoms with Crippen LogP contribution in [-0.4, -0.2) is 16.7 Å². The fourth-order valence-corrected chi connectivity index (χ4v) is 2.50. The smallest absolute Gasteiger partial charge is 0.205 e. The predicted molar refractivity (Wildman–Crippen MR) is 81.8 cm³/mol. The molecule has 0 spiro atoms. The molecule has 3 rings (SSSR count). The Bertz CT molecular complexity index is 795. The number of anilines is 1. The van der Waals surface area contributed by atoms with Gasteiger partial charge in [-0.3, -0.25) is 4.57 Å². The van der Waals surface area contributed by atoms with Crippen LogP contribution >= 0.6 is 11.6 Å². The van der Waals surface area contributed by atoms with Crippen LogP contribution in [0.25, 0.3) is 16.7 Å². The number of rotatable bonds is 2. The monoisotopic (exact) mass is 287 g/mol. The number of benzene rings is 2. The maximum absolute atomic E-state index is 6.30. The lowest BCUT2D eigenvalue weighted by Gasteiger charge is -2.10. The Balaban J connectivity index is 2.35. The summed E-state index contributed by atoms with van der Waals surface area (Å²) in [6.07, 6.45) is 0. The molecule has 0 unspecified atom stereocenters. The van der Waals surface area contributed by atoms with Crippen LogP contribution in [0, 0.1) is 6.92 Å². The quantitative estimate of drug-likeness (QED) is 0.784. The van der Waals surface area contributed by atoms with Crippen molar-refractivity contribution in [2.45, 2.75) is 6.92 Å². The molecule has 0 radical (unpaired) electrons. The minimum atomic E-state index is 0.407. The Hall–Kier alpha value is -2.20. The second-order valence-corrected chi connectivity index (χ2v) is 4.97. The molecule has 0 aliphatic rings. The van der Waals surface area contributed by atoms with Crippen molar-refractivity contribution in [3.05, 3.63) is 47.0 Å². The number of para-hydroxylation sites is 1. The molecule has 0 bridgehead atoms. The normalized spacial score (nSPS) is 10.9. The van der Waals surface area contributed by atoms with Gasteiger partial charge in [-0.05, 0) is 30.7 Å². The Labute approximate surface area is 121 Å². The van der Waals surface area contributed by atoms with Gasteiger partial charge in [-0.1, -0.05) is 23.7 Å². The van der Waals surface area contributed by atoms with E-state index in [2.05, 4.69) is 4.98 Å². The van der Waals surface area contributed by atoms with Gasteiger partial charge in [0.2, 0.25) is 5.95 Å². The number of fused-ring (bicyclic) bond motifs is 1. The SMILES string of the molecule is COc1ccc(Cl)c(-n2c(N)nc3c(C)cccc32)c1. The molecule has 102 valence electrons. The molecule has 5 heteroatoms. The highest BCUT2D eigenvalue weighted by Gasteiger charge is 2.14. The molecule has 1 aromatic heterocycles. The molecule has 2 N–H and O–H groups in total. The van der Waals surface area contributed by atoms with Crippen LogP contribution in [-0.2, 0) is 0 Å². The van der Waals surface area contributed by atoms with Crippen LogP contribution < -0.4 is 10.5 Å². The van der Waals surface area contributed by atoms with E-state index in [1.54, 1.807) is 13.2 Å². The lowest BCUT2D eigenvalue weighted by molar-refractivity contribution is 0.414. The maximum Gasteiger partial charge on any atom is 0.205 e. The van der Waals surface area contributed by atoms with Crippen LogP contribution in [0.4, 0.5) is 5.95 Å². The first-order valence-electron chi connectivity index (χ1n) is 6.19.